The highest BCUT2D eigenvalue weighted by Gasteiger charge is 2.16. The second-order valence-electron chi connectivity index (χ2n) is 7.15. The Morgan fingerprint density at radius 3 is 2.45 bits per heavy atom. The molecule has 0 bridgehead atoms. The minimum absolute atomic E-state index is 0.174. The van der Waals surface area contributed by atoms with Crippen molar-refractivity contribution < 1.29 is 8.87 Å². The van der Waals surface area contributed by atoms with Crippen molar-refractivity contribution in [2.24, 2.45) is 0 Å². The van der Waals surface area contributed by atoms with Crippen LogP contribution in [0.3, 0.4) is 0 Å². The van der Waals surface area contributed by atoms with E-state index < -0.39 is 5.82 Å². The molecule has 0 atom stereocenters. The van der Waals surface area contributed by atoms with E-state index in [1.165, 1.54) is 37.0 Å². The maximum absolute atomic E-state index is 14.8. The van der Waals surface area contributed by atoms with Gasteiger partial charge >= 0.3 is 0 Å². The monoisotopic (exact) mass is 440 g/mol. The lowest BCUT2D eigenvalue weighted by Gasteiger charge is -2.16. The standard InChI is InChI=1S/C24H23ClF2N4/c1-15-4-6-18(7-5-15)16(2)13-29-14-17(3)31(27)22-9-8-19(12-21(22)26)23-20(25)10-11-30-24(23)28/h4-14,29H,1-3H3,(H2,28,30)/b16-13+,17-14+. The lowest BCUT2D eigenvalue weighted by molar-refractivity contribution is 0.465. The van der Waals surface area contributed by atoms with Crippen LogP contribution in [0.4, 0.5) is 20.4 Å². The third-order valence-corrected chi connectivity index (χ3v) is 5.10. The van der Waals surface area contributed by atoms with E-state index in [0.717, 1.165) is 11.1 Å². The second kappa shape index (κ2) is 9.62. The number of allylic oxidation sites excluding steroid dienone is 2. The molecule has 4 nitrogen and oxygen atoms in total. The Hall–Kier alpha value is -3.38. The van der Waals surface area contributed by atoms with Crippen molar-refractivity contribution in [2.45, 2.75) is 20.8 Å². The van der Waals surface area contributed by atoms with Gasteiger partial charge in [0, 0.05) is 24.2 Å². The number of nitrogens with one attached hydrogen (secondary N) is 1. The highest BCUT2D eigenvalue weighted by Crippen LogP contribution is 2.34. The van der Waals surface area contributed by atoms with Crippen molar-refractivity contribution in [1.82, 2.24) is 10.3 Å². The molecule has 1 aromatic heterocycles. The fourth-order valence-corrected chi connectivity index (χ4v) is 3.26. The third kappa shape index (κ3) is 5.22. The van der Waals surface area contributed by atoms with Gasteiger partial charge in [-0.1, -0.05) is 52.0 Å². The van der Waals surface area contributed by atoms with Gasteiger partial charge in [0.1, 0.15) is 17.3 Å². The summed E-state index contributed by atoms with van der Waals surface area (Å²) in [6.45, 7) is 5.50. The number of benzene rings is 2. The molecule has 7 heteroatoms. The molecule has 3 rings (SSSR count). The maximum Gasteiger partial charge on any atom is 0.150 e. The molecule has 0 fully saturated rings. The topological polar surface area (TPSA) is 54.2 Å². The quantitative estimate of drug-likeness (QED) is 0.422. The summed E-state index contributed by atoms with van der Waals surface area (Å²) in [5, 5.41) is 3.56. The Morgan fingerprint density at radius 1 is 1.10 bits per heavy atom. The van der Waals surface area contributed by atoms with Crippen molar-refractivity contribution in [1.29, 1.82) is 0 Å². The molecule has 0 unspecified atom stereocenters. The number of aryl methyl sites for hydroxylation is 1. The third-order valence-electron chi connectivity index (χ3n) is 4.79. The number of pyridine rings is 1. The first kappa shape index (κ1) is 22.3. The Labute approximate surface area is 185 Å². The van der Waals surface area contributed by atoms with Crippen LogP contribution in [0.15, 0.2) is 72.8 Å². The molecule has 0 spiro atoms. The van der Waals surface area contributed by atoms with E-state index >= 15 is 0 Å². The number of nitrogens with two attached hydrogens (primary N) is 1. The Balaban J connectivity index is 1.76. The van der Waals surface area contributed by atoms with Crippen LogP contribution in [-0.4, -0.2) is 4.98 Å². The zero-order chi connectivity index (χ0) is 22.5. The predicted molar refractivity (Wildman–Crippen MR) is 124 cm³/mol. The summed E-state index contributed by atoms with van der Waals surface area (Å²) in [5.41, 5.74) is 9.84. The zero-order valence-electron chi connectivity index (χ0n) is 17.5. The largest absolute Gasteiger partial charge is 0.383 e. The lowest BCUT2D eigenvalue weighted by atomic mass is 10.1. The summed E-state index contributed by atoms with van der Waals surface area (Å²) in [5.74, 6) is -0.578. The number of hydrogen-bond acceptors (Lipinski definition) is 4. The number of halogens is 3. The Kier molecular flexibility index (Phi) is 6.92. The molecule has 3 aromatic rings. The molecule has 0 saturated carbocycles. The SMILES string of the molecule is C/C(=C\N/C=C(\C)N(F)c1ccc(-c2c(Cl)ccnc2N)cc1F)c1ccc(C)cc1. The molecule has 0 amide bonds. The van der Waals surface area contributed by atoms with E-state index in [1.807, 2.05) is 38.1 Å². The number of aromatic nitrogens is 1. The minimum Gasteiger partial charge on any atom is -0.383 e. The number of nitrogen functional groups attached to an aromatic ring is 1. The molecular formula is C24H23ClF2N4. The van der Waals surface area contributed by atoms with Gasteiger partial charge in [0.2, 0.25) is 0 Å². The average molecular weight is 441 g/mol. The van der Waals surface area contributed by atoms with Gasteiger partial charge in [-0.05, 0) is 55.7 Å². The van der Waals surface area contributed by atoms with Gasteiger partial charge in [-0.2, -0.15) is 5.12 Å². The molecular weight excluding hydrogens is 418 g/mol. The number of nitrogens with zero attached hydrogens (tertiary/aromatic N) is 2. The van der Waals surface area contributed by atoms with E-state index in [9.17, 15) is 8.87 Å². The van der Waals surface area contributed by atoms with E-state index in [-0.39, 0.29) is 22.3 Å². The highest BCUT2D eigenvalue weighted by molar-refractivity contribution is 6.33. The van der Waals surface area contributed by atoms with Crippen LogP contribution < -0.4 is 16.2 Å². The van der Waals surface area contributed by atoms with Gasteiger partial charge in [-0.3, -0.25) is 0 Å². The van der Waals surface area contributed by atoms with Crippen LogP contribution in [0.5, 0.6) is 0 Å². The van der Waals surface area contributed by atoms with Crippen molar-refractivity contribution >= 4 is 28.7 Å². The van der Waals surface area contributed by atoms with Crippen LogP contribution in [0.1, 0.15) is 25.0 Å². The first-order chi connectivity index (χ1) is 14.8. The smallest absolute Gasteiger partial charge is 0.150 e. The fourth-order valence-electron chi connectivity index (χ4n) is 2.99. The van der Waals surface area contributed by atoms with Gasteiger partial charge in [0.15, 0.2) is 0 Å². The second-order valence-corrected chi connectivity index (χ2v) is 7.55. The van der Waals surface area contributed by atoms with E-state index in [1.54, 1.807) is 18.3 Å². The molecule has 2 aromatic carbocycles. The van der Waals surface area contributed by atoms with Gasteiger partial charge in [-0.15, -0.1) is 0 Å². The van der Waals surface area contributed by atoms with Crippen LogP contribution in [0.25, 0.3) is 16.7 Å². The molecule has 31 heavy (non-hydrogen) atoms. The van der Waals surface area contributed by atoms with Crippen molar-refractivity contribution in [3.63, 3.8) is 0 Å². The van der Waals surface area contributed by atoms with Crippen LogP contribution in [0, 0.1) is 12.7 Å². The van der Waals surface area contributed by atoms with Crippen molar-refractivity contribution in [3.8, 4) is 11.1 Å². The minimum atomic E-state index is -0.751. The summed E-state index contributed by atoms with van der Waals surface area (Å²) in [4.78, 5) is 3.97. The van der Waals surface area contributed by atoms with Gasteiger partial charge in [0.05, 0.1) is 10.7 Å². The molecule has 0 radical (unpaired) electrons. The van der Waals surface area contributed by atoms with E-state index in [2.05, 4.69) is 10.3 Å². The molecule has 1 heterocycles. The van der Waals surface area contributed by atoms with Gasteiger partial charge in [-0.25, -0.2) is 9.37 Å². The molecule has 3 N–H and O–H groups in total. The zero-order valence-corrected chi connectivity index (χ0v) is 18.2. The summed E-state index contributed by atoms with van der Waals surface area (Å²) >= 11 is 6.15. The molecule has 0 aliphatic rings. The number of hydrogen-bond donors (Lipinski definition) is 2. The summed E-state index contributed by atoms with van der Waals surface area (Å²) in [6, 6.07) is 13.7. The van der Waals surface area contributed by atoms with Crippen LogP contribution in [0.2, 0.25) is 5.02 Å². The lowest BCUT2D eigenvalue weighted by Crippen LogP contribution is -2.13. The van der Waals surface area contributed by atoms with Gasteiger partial charge < -0.3 is 11.1 Å². The Morgan fingerprint density at radius 2 is 1.81 bits per heavy atom. The first-order valence-corrected chi connectivity index (χ1v) is 9.98. The van der Waals surface area contributed by atoms with Crippen LogP contribution >= 0.6 is 11.6 Å². The Bertz CT molecular complexity index is 1120. The molecule has 0 aliphatic heterocycles. The van der Waals surface area contributed by atoms with Crippen molar-refractivity contribution in [2.75, 3.05) is 10.9 Å². The van der Waals surface area contributed by atoms with Crippen molar-refractivity contribution in [3.05, 3.63) is 94.8 Å². The van der Waals surface area contributed by atoms with E-state index in [4.69, 9.17) is 17.3 Å². The fraction of sp³-hybridized carbons (Fsp3) is 0.125. The summed E-state index contributed by atoms with van der Waals surface area (Å²) in [7, 11) is 0. The maximum atomic E-state index is 14.8. The molecule has 160 valence electrons. The first-order valence-electron chi connectivity index (χ1n) is 9.60. The normalized spacial score (nSPS) is 12.1. The van der Waals surface area contributed by atoms with E-state index in [0.29, 0.717) is 16.1 Å². The molecule has 0 saturated heterocycles. The van der Waals surface area contributed by atoms with Crippen LogP contribution in [-0.2, 0) is 0 Å². The summed E-state index contributed by atoms with van der Waals surface area (Å²) < 4.78 is 29.4. The predicted octanol–water partition coefficient (Wildman–Crippen LogP) is 6.63. The average Bonchev–Trinajstić information content (AvgIpc) is 2.73. The number of anilines is 2. The number of rotatable bonds is 6. The highest BCUT2D eigenvalue weighted by atomic mass is 35.5. The molecule has 0 aliphatic carbocycles. The summed E-state index contributed by atoms with van der Waals surface area (Å²) in [6.07, 6.45) is 4.68. The van der Waals surface area contributed by atoms with Gasteiger partial charge in [0.25, 0.3) is 0 Å².